The van der Waals surface area contributed by atoms with E-state index < -0.39 is 15.6 Å². The molecule has 3 aromatic rings. The normalized spacial score (nSPS) is 12.8. The van der Waals surface area contributed by atoms with Gasteiger partial charge in [-0.15, -0.1) is 0 Å². The third-order valence-electron chi connectivity index (χ3n) is 4.35. The highest BCUT2D eigenvalue weighted by atomic mass is 79.9. The van der Waals surface area contributed by atoms with Crippen molar-refractivity contribution in [2.45, 2.75) is 18.7 Å². The number of nitrogens with one attached hydrogen (secondary N) is 2. The minimum Gasteiger partial charge on any atom is -0.438 e. The molecule has 3 rings (SSSR count). The molecule has 1 unspecified atom stereocenters. The molecule has 1 atom stereocenters. The Balaban J connectivity index is 1.98. The summed E-state index contributed by atoms with van der Waals surface area (Å²) in [6, 6.07) is 10.4. The van der Waals surface area contributed by atoms with Gasteiger partial charge in [0.1, 0.15) is 17.1 Å². The summed E-state index contributed by atoms with van der Waals surface area (Å²) in [5, 5.41) is 2.74. The molecular weight excluding hydrogens is 473 g/mol. The van der Waals surface area contributed by atoms with E-state index in [1.165, 1.54) is 36.7 Å². The molecule has 0 fully saturated rings. The van der Waals surface area contributed by atoms with E-state index >= 15 is 0 Å². The lowest BCUT2D eigenvalue weighted by Crippen LogP contribution is -2.16. The van der Waals surface area contributed by atoms with Crippen molar-refractivity contribution in [3.05, 3.63) is 75.6 Å². The summed E-state index contributed by atoms with van der Waals surface area (Å²) in [5.41, 5.74) is 1.75. The van der Waals surface area contributed by atoms with Crippen LogP contribution in [0.3, 0.4) is 0 Å². The average Bonchev–Trinajstić information content (AvgIpc) is 2.66. The smallest absolute Gasteiger partial charge is 0.261 e. The number of pyridine rings is 1. The molecular formula is C21H19BrFN3O3S. The van der Waals surface area contributed by atoms with Crippen LogP contribution in [-0.2, 0) is 9.73 Å². The summed E-state index contributed by atoms with van der Waals surface area (Å²) < 4.78 is 39.6. The molecule has 0 saturated heterocycles. The Bertz CT molecular complexity index is 1250. The highest BCUT2D eigenvalue weighted by Gasteiger charge is 2.21. The molecule has 1 aromatic heterocycles. The number of aryl methyl sites for hydroxylation is 1. The second kappa shape index (κ2) is 8.53. The van der Waals surface area contributed by atoms with E-state index in [4.69, 9.17) is 9.52 Å². The molecule has 9 heteroatoms. The van der Waals surface area contributed by atoms with Gasteiger partial charge in [-0.25, -0.2) is 18.4 Å². The molecule has 0 saturated carbocycles. The molecule has 0 aliphatic heterocycles. The number of aromatic nitrogens is 1. The lowest BCUT2D eigenvalue weighted by molar-refractivity contribution is 0.102. The quantitative estimate of drug-likeness (QED) is 0.480. The highest BCUT2D eigenvalue weighted by Crippen LogP contribution is 2.32. The summed E-state index contributed by atoms with van der Waals surface area (Å²) >= 11 is 3.37. The first kappa shape index (κ1) is 21.9. The zero-order valence-corrected chi connectivity index (χ0v) is 18.9. The predicted molar refractivity (Wildman–Crippen MR) is 117 cm³/mol. The first-order chi connectivity index (χ1) is 14.1. The van der Waals surface area contributed by atoms with E-state index in [1.807, 2.05) is 0 Å². The van der Waals surface area contributed by atoms with Crippen LogP contribution in [0.1, 0.15) is 21.5 Å². The number of carbonyl (C=O) groups is 1. The molecule has 2 N–H and O–H groups in total. The number of carbonyl (C=O) groups excluding carboxylic acids is 1. The third kappa shape index (κ3) is 4.85. The van der Waals surface area contributed by atoms with Crippen LogP contribution in [0.2, 0.25) is 0 Å². The maximum absolute atomic E-state index is 13.4. The van der Waals surface area contributed by atoms with Gasteiger partial charge in [-0.2, -0.15) is 0 Å². The number of anilines is 1. The van der Waals surface area contributed by atoms with Gasteiger partial charge in [-0.1, -0.05) is 6.07 Å². The molecule has 0 aliphatic carbocycles. The summed E-state index contributed by atoms with van der Waals surface area (Å²) in [6.07, 6.45) is 2.83. The van der Waals surface area contributed by atoms with Crippen LogP contribution in [0.5, 0.6) is 11.6 Å². The standard InChI is InChI=1S/C21H19BrFN3O3S/c1-12-9-14(23)7-8-18(12)29-21-19(13(2)17(22)11-25-21)20(27)26-15-5-4-6-16(10-15)30(3,24)28/h4-11,24H,1-3H3,(H,26,27). The molecule has 0 radical (unpaired) electrons. The number of hydrogen-bond acceptors (Lipinski definition) is 5. The lowest BCUT2D eigenvalue weighted by atomic mass is 10.1. The van der Waals surface area contributed by atoms with E-state index in [9.17, 15) is 13.4 Å². The van der Waals surface area contributed by atoms with Crippen LogP contribution in [-0.4, -0.2) is 21.4 Å². The number of amides is 1. The Labute approximate surface area is 182 Å². The van der Waals surface area contributed by atoms with Gasteiger partial charge in [0.2, 0.25) is 5.88 Å². The van der Waals surface area contributed by atoms with Crippen LogP contribution in [0, 0.1) is 24.4 Å². The Morgan fingerprint density at radius 3 is 2.63 bits per heavy atom. The SMILES string of the molecule is Cc1cc(F)ccc1Oc1ncc(Br)c(C)c1C(=O)Nc1cccc(S(C)(=N)=O)c1. The zero-order valence-electron chi connectivity index (χ0n) is 16.5. The van der Waals surface area contributed by atoms with Gasteiger partial charge in [0.25, 0.3) is 5.91 Å². The second-order valence-electron chi connectivity index (χ2n) is 6.75. The van der Waals surface area contributed by atoms with E-state index in [0.29, 0.717) is 31.9 Å². The first-order valence-electron chi connectivity index (χ1n) is 8.80. The Hall–Kier alpha value is -2.78. The Morgan fingerprint density at radius 1 is 1.23 bits per heavy atom. The van der Waals surface area contributed by atoms with Crippen LogP contribution >= 0.6 is 15.9 Å². The molecule has 6 nitrogen and oxygen atoms in total. The fraction of sp³-hybridized carbons (Fsp3) is 0.143. The number of benzene rings is 2. The van der Waals surface area contributed by atoms with Gasteiger partial charge in [0, 0.05) is 27.5 Å². The van der Waals surface area contributed by atoms with Gasteiger partial charge in [-0.05, 0) is 77.3 Å². The number of halogens is 2. The summed E-state index contributed by atoms with van der Waals surface area (Å²) in [6.45, 7) is 3.43. The lowest BCUT2D eigenvalue weighted by Gasteiger charge is -2.15. The van der Waals surface area contributed by atoms with Crippen molar-refractivity contribution in [2.75, 3.05) is 11.6 Å². The highest BCUT2D eigenvalue weighted by molar-refractivity contribution is 9.10. The van der Waals surface area contributed by atoms with Crippen molar-refractivity contribution in [1.29, 1.82) is 4.78 Å². The minimum absolute atomic E-state index is 0.0684. The molecule has 1 heterocycles. The van der Waals surface area contributed by atoms with Crippen molar-refractivity contribution in [3.63, 3.8) is 0 Å². The molecule has 156 valence electrons. The van der Waals surface area contributed by atoms with Crippen LogP contribution in [0.4, 0.5) is 10.1 Å². The number of rotatable bonds is 5. The van der Waals surface area contributed by atoms with Gasteiger partial charge in [0.05, 0.1) is 9.73 Å². The number of nitrogens with zero attached hydrogens (tertiary/aromatic N) is 1. The topological polar surface area (TPSA) is 92.1 Å². The maximum Gasteiger partial charge on any atom is 0.261 e. The number of ether oxygens (including phenoxy) is 1. The minimum atomic E-state index is -2.92. The van der Waals surface area contributed by atoms with Crippen molar-refractivity contribution >= 4 is 37.3 Å². The summed E-state index contributed by atoms with van der Waals surface area (Å²) in [5.74, 6) is -0.430. The average molecular weight is 492 g/mol. The van der Waals surface area contributed by atoms with Crippen molar-refractivity contribution in [3.8, 4) is 11.6 Å². The van der Waals surface area contributed by atoms with Crippen LogP contribution < -0.4 is 10.1 Å². The van der Waals surface area contributed by atoms with Crippen molar-refractivity contribution in [1.82, 2.24) is 4.98 Å². The van der Waals surface area contributed by atoms with E-state index in [-0.39, 0.29) is 17.3 Å². The van der Waals surface area contributed by atoms with Crippen molar-refractivity contribution < 1.29 is 18.1 Å². The molecule has 30 heavy (non-hydrogen) atoms. The molecule has 0 spiro atoms. The molecule has 2 aromatic carbocycles. The first-order valence-corrected chi connectivity index (χ1v) is 11.6. The van der Waals surface area contributed by atoms with Gasteiger partial charge in [0.15, 0.2) is 0 Å². The molecule has 0 aliphatic rings. The molecule has 1 amide bonds. The van der Waals surface area contributed by atoms with E-state index in [0.717, 1.165) is 0 Å². The molecule has 0 bridgehead atoms. The maximum atomic E-state index is 13.4. The Morgan fingerprint density at radius 2 is 1.97 bits per heavy atom. The van der Waals surface area contributed by atoms with Crippen molar-refractivity contribution in [2.24, 2.45) is 0 Å². The van der Waals surface area contributed by atoms with Gasteiger partial charge >= 0.3 is 0 Å². The van der Waals surface area contributed by atoms with E-state index in [1.54, 1.807) is 32.0 Å². The summed E-state index contributed by atoms with van der Waals surface area (Å²) in [4.78, 5) is 17.6. The summed E-state index contributed by atoms with van der Waals surface area (Å²) in [7, 11) is -2.92. The third-order valence-corrected chi connectivity index (χ3v) is 6.31. The fourth-order valence-electron chi connectivity index (χ4n) is 2.74. The predicted octanol–water partition coefficient (Wildman–Crippen LogP) is 5.68. The van der Waals surface area contributed by atoms with Crippen LogP contribution in [0.15, 0.2) is 58.0 Å². The fourth-order valence-corrected chi connectivity index (χ4v) is 3.73. The largest absolute Gasteiger partial charge is 0.438 e. The van der Waals surface area contributed by atoms with E-state index in [2.05, 4.69) is 26.2 Å². The monoisotopic (exact) mass is 491 g/mol. The number of hydrogen-bond donors (Lipinski definition) is 2. The Kier molecular flexibility index (Phi) is 6.23. The second-order valence-corrected chi connectivity index (χ2v) is 9.76. The van der Waals surface area contributed by atoms with Gasteiger partial charge < -0.3 is 10.1 Å². The van der Waals surface area contributed by atoms with Gasteiger partial charge in [-0.3, -0.25) is 4.79 Å². The van der Waals surface area contributed by atoms with Crippen LogP contribution in [0.25, 0.3) is 0 Å². The zero-order chi connectivity index (χ0) is 22.1.